The lowest BCUT2D eigenvalue weighted by molar-refractivity contribution is -0.134. The molecule has 1 N–H and O–H groups in total. The molecule has 2 saturated heterocycles. The topological polar surface area (TPSA) is 62.6 Å². The molecule has 236 valence electrons. The van der Waals surface area contributed by atoms with E-state index in [0.717, 1.165) is 93.1 Å². The summed E-state index contributed by atoms with van der Waals surface area (Å²) in [6, 6.07) is 23.4. The molecule has 0 bridgehead atoms. The van der Waals surface area contributed by atoms with Gasteiger partial charge in [-0.05, 0) is 86.1 Å². The van der Waals surface area contributed by atoms with Gasteiger partial charge in [-0.1, -0.05) is 36.4 Å². The van der Waals surface area contributed by atoms with Crippen molar-refractivity contribution in [2.75, 3.05) is 44.6 Å². The zero-order valence-corrected chi connectivity index (χ0v) is 26.6. The van der Waals surface area contributed by atoms with Crippen LogP contribution in [-0.4, -0.2) is 70.6 Å². The number of hydrogen-bond acceptors (Lipinski definition) is 5. The first kappa shape index (κ1) is 33.6. The van der Waals surface area contributed by atoms with E-state index < -0.39 is 0 Å². The van der Waals surface area contributed by atoms with Crippen molar-refractivity contribution in [3.63, 3.8) is 0 Å². The van der Waals surface area contributed by atoms with Crippen molar-refractivity contribution in [2.45, 2.75) is 51.1 Å². The monoisotopic (exact) mass is 641 g/mol. The molecule has 7 nitrogen and oxygen atoms in total. The summed E-state index contributed by atoms with van der Waals surface area (Å²) in [6.07, 6.45) is 6.49. The zero-order valence-electron chi connectivity index (χ0n) is 25.0. The van der Waals surface area contributed by atoms with Gasteiger partial charge in [0.15, 0.2) is 6.61 Å². The lowest BCUT2D eigenvalue weighted by atomic mass is 10.0. The van der Waals surface area contributed by atoms with Crippen molar-refractivity contribution >= 4 is 47.7 Å². The fourth-order valence-corrected chi connectivity index (χ4v) is 6.02. The van der Waals surface area contributed by atoms with Crippen LogP contribution in [-0.2, 0) is 17.8 Å². The van der Waals surface area contributed by atoms with Gasteiger partial charge in [0, 0.05) is 38.8 Å². The molecule has 10 heteroatoms. The molecule has 1 aromatic heterocycles. The van der Waals surface area contributed by atoms with E-state index in [2.05, 4.69) is 33.0 Å². The van der Waals surface area contributed by atoms with Gasteiger partial charge in [-0.3, -0.25) is 4.79 Å². The van der Waals surface area contributed by atoms with E-state index in [9.17, 15) is 9.18 Å². The molecule has 0 radical (unpaired) electrons. The third kappa shape index (κ3) is 8.65. The molecule has 4 aromatic rings. The molecule has 0 aliphatic carbocycles. The summed E-state index contributed by atoms with van der Waals surface area (Å²) >= 11 is 0. The van der Waals surface area contributed by atoms with Crippen molar-refractivity contribution in [2.24, 2.45) is 0 Å². The fraction of sp³-hybridized carbons (Fsp3) is 0.412. The first-order valence-electron chi connectivity index (χ1n) is 15.3. The van der Waals surface area contributed by atoms with Crippen molar-refractivity contribution in [1.29, 1.82) is 0 Å². The van der Waals surface area contributed by atoms with Crippen molar-refractivity contribution in [3.8, 4) is 5.75 Å². The fourth-order valence-electron chi connectivity index (χ4n) is 6.02. The van der Waals surface area contributed by atoms with Gasteiger partial charge in [0.25, 0.3) is 5.91 Å². The highest BCUT2D eigenvalue weighted by Crippen LogP contribution is 2.24. The molecule has 6 rings (SSSR count). The van der Waals surface area contributed by atoms with Gasteiger partial charge in [-0.2, -0.15) is 0 Å². The first-order valence-corrected chi connectivity index (χ1v) is 15.3. The Kier molecular flexibility index (Phi) is 12.3. The number of ether oxygens (including phenoxy) is 1. The Morgan fingerprint density at radius 1 is 0.864 bits per heavy atom. The standard InChI is InChI=1S/C34H40FN5O2.2ClH/c35-28-12-8-27(9-13-28)24-40-32-7-3-2-6-31(32)37-34(40)36-29-17-22-38(23-18-29)21-16-26-10-14-30(15-11-26)42-25-33(41)39-19-4-1-5-20-39;;/h2-3,6-15,29H,1,4-5,16-25H2,(H,36,37);2*1H. The lowest BCUT2D eigenvalue weighted by Crippen LogP contribution is -2.40. The zero-order chi connectivity index (χ0) is 28.7. The number of nitrogens with one attached hydrogen (secondary N) is 1. The predicted molar refractivity (Wildman–Crippen MR) is 179 cm³/mol. The third-order valence-electron chi connectivity index (χ3n) is 8.54. The highest BCUT2D eigenvalue weighted by molar-refractivity contribution is 5.85. The molecule has 0 spiro atoms. The molecular weight excluding hydrogens is 600 g/mol. The van der Waals surface area contributed by atoms with Gasteiger partial charge in [0.05, 0.1) is 17.6 Å². The molecule has 44 heavy (non-hydrogen) atoms. The molecule has 2 aliphatic rings. The van der Waals surface area contributed by atoms with E-state index in [4.69, 9.17) is 9.72 Å². The van der Waals surface area contributed by atoms with Crippen molar-refractivity contribution < 1.29 is 13.9 Å². The van der Waals surface area contributed by atoms with Crippen LogP contribution in [0.4, 0.5) is 10.3 Å². The van der Waals surface area contributed by atoms with Crippen LogP contribution in [0.5, 0.6) is 5.75 Å². The molecular formula is C34H42Cl2FN5O2. The number of carbonyl (C=O) groups excluding carboxylic acids is 1. The van der Waals surface area contributed by atoms with Gasteiger partial charge in [0.2, 0.25) is 5.95 Å². The minimum absolute atomic E-state index is 0. The smallest absolute Gasteiger partial charge is 0.260 e. The average molecular weight is 643 g/mol. The molecule has 3 aromatic carbocycles. The van der Waals surface area contributed by atoms with Gasteiger partial charge in [0.1, 0.15) is 11.6 Å². The van der Waals surface area contributed by atoms with Crippen LogP contribution in [0.3, 0.4) is 0 Å². The number of aromatic nitrogens is 2. The molecule has 2 fully saturated rings. The van der Waals surface area contributed by atoms with E-state index >= 15 is 0 Å². The van der Waals surface area contributed by atoms with Crippen molar-refractivity contribution in [3.05, 3.63) is 89.7 Å². The SMILES string of the molecule is Cl.Cl.O=C(COc1ccc(CCN2CCC(Nc3nc4ccccc4n3Cc3ccc(F)cc3)CC2)cc1)N1CCCCC1. The second-order valence-electron chi connectivity index (χ2n) is 11.5. The number of imidazole rings is 1. The number of hydrogen-bond donors (Lipinski definition) is 1. The van der Waals surface area contributed by atoms with Crippen LogP contribution in [0, 0.1) is 5.82 Å². The highest BCUT2D eigenvalue weighted by atomic mass is 35.5. The van der Waals surface area contributed by atoms with Gasteiger partial charge in [-0.15, -0.1) is 24.8 Å². The van der Waals surface area contributed by atoms with E-state index in [1.807, 2.05) is 47.4 Å². The maximum absolute atomic E-state index is 13.5. The Labute approximate surface area is 271 Å². The normalized spacial score (nSPS) is 15.8. The second kappa shape index (κ2) is 16.1. The number of anilines is 1. The number of carbonyl (C=O) groups is 1. The summed E-state index contributed by atoms with van der Waals surface area (Å²) in [5.74, 6) is 1.49. The Balaban J connectivity index is 0.00000221. The summed E-state index contributed by atoms with van der Waals surface area (Å²) in [5, 5.41) is 3.72. The number of para-hydroxylation sites is 2. The quantitative estimate of drug-likeness (QED) is 0.212. The predicted octanol–water partition coefficient (Wildman–Crippen LogP) is 6.58. The minimum Gasteiger partial charge on any atom is -0.484 e. The van der Waals surface area contributed by atoms with Gasteiger partial charge in [-0.25, -0.2) is 9.37 Å². The molecule has 3 heterocycles. The lowest BCUT2D eigenvalue weighted by Gasteiger charge is -2.32. The molecule has 1 amide bonds. The number of halogens is 3. The van der Waals surface area contributed by atoms with Gasteiger partial charge >= 0.3 is 0 Å². The Bertz CT molecular complexity index is 1470. The Hall–Kier alpha value is -3.33. The van der Waals surface area contributed by atoms with E-state index in [-0.39, 0.29) is 43.1 Å². The summed E-state index contributed by atoms with van der Waals surface area (Å²) in [7, 11) is 0. The van der Waals surface area contributed by atoms with Gasteiger partial charge < -0.3 is 24.4 Å². The maximum atomic E-state index is 13.5. The highest BCUT2D eigenvalue weighted by Gasteiger charge is 2.22. The number of fused-ring (bicyclic) bond motifs is 1. The van der Waals surface area contributed by atoms with Crippen LogP contribution < -0.4 is 10.1 Å². The summed E-state index contributed by atoms with van der Waals surface area (Å²) < 4.78 is 21.4. The van der Waals surface area contributed by atoms with Crippen LogP contribution in [0.15, 0.2) is 72.8 Å². The Morgan fingerprint density at radius 2 is 1.55 bits per heavy atom. The van der Waals surface area contributed by atoms with E-state index in [1.165, 1.54) is 24.1 Å². The summed E-state index contributed by atoms with van der Waals surface area (Å²) in [5.41, 5.74) is 4.36. The molecule has 0 unspecified atom stereocenters. The number of amides is 1. The summed E-state index contributed by atoms with van der Waals surface area (Å²) in [4.78, 5) is 21.7. The molecule has 0 saturated carbocycles. The van der Waals surface area contributed by atoms with Crippen LogP contribution in [0.25, 0.3) is 11.0 Å². The number of benzene rings is 3. The van der Waals surface area contributed by atoms with Crippen LogP contribution in [0.2, 0.25) is 0 Å². The van der Waals surface area contributed by atoms with Crippen LogP contribution >= 0.6 is 24.8 Å². The minimum atomic E-state index is -0.221. The number of nitrogens with zero attached hydrogens (tertiary/aromatic N) is 4. The number of piperidine rings is 2. The van der Waals surface area contributed by atoms with E-state index in [0.29, 0.717) is 12.6 Å². The number of rotatable bonds is 10. The van der Waals surface area contributed by atoms with E-state index in [1.54, 1.807) is 0 Å². The Morgan fingerprint density at radius 3 is 2.27 bits per heavy atom. The largest absolute Gasteiger partial charge is 0.484 e. The maximum Gasteiger partial charge on any atom is 0.260 e. The second-order valence-corrected chi connectivity index (χ2v) is 11.5. The number of likely N-dealkylation sites (tertiary alicyclic amines) is 2. The third-order valence-corrected chi connectivity index (χ3v) is 8.54. The molecule has 2 aliphatic heterocycles. The average Bonchev–Trinajstić information content (AvgIpc) is 3.38. The van der Waals surface area contributed by atoms with Crippen molar-refractivity contribution in [1.82, 2.24) is 19.4 Å². The molecule has 0 atom stereocenters. The first-order chi connectivity index (χ1) is 20.6. The van der Waals surface area contributed by atoms with Crippen LogP contribution in [0.1, 0.15) is 43.2 Å². The summed E-state index contributed by atoms with van der Waals surface area (Å²) in [6.45, 7) is 5.56.